The van der Waals surface area contributed by atoms with Crippen molar-refractivity contribution in [1.82, 2.24) is 15.0 Å². The first-order chi connectivity index (χ1) is 10.1. The van der Waals surface area contributed by atoms with E-state index in [-0.39, 0.29) is 37.3 Å². The van der Waals surface area contributed by atoms with Crippen LogP contribution in [-0.2, 0) is 9.47 Å². The molecule has 3 N–H and O–H groups in total. The maximum Gasteiger partial charge on any atom is 0.412 e. The molecule has 2 aromatic rings. The van der Waals surface area contributed by atoms with Crippen LogP contribution in [0.5, 0.6) is 0 Å². The van der Waals surface area contributed by atoms with Gasteiger partial charge in [-0.3, -0.25) is 10.6 Å². The molecule has 0 aromatic carbocycles. The molecule has 0 aliphatic rings. The number of aromatic amines is 1. The van der Waals surface area contributed by atoms with Crippen LogP contribution in [-0.4, -0.2) is 40.4 Å². The number of anilines is 2. The van der Waals surface area contributed by atoms with E-state index in [9.17, 15) is 9.59 Å². The second-order valence-corrected chi connectivity index (χ2v) is 3.85. The monoisotopic (exact) mass is 329 g/mol. The molecule has 0 atom stereocenters. The zero-order valence-electron chi connectivity index (χ0n) is 12.0. The van der Waals surface area contributed by atoms with Gasteiger partial charge in [0.25, 0.3) is 0 Å². The lowest BCUT2D eigenvalue weighted by Crippen LogP contribution is -2.17. The van der Waals surface area contributed by atoms with Crippen LogP contribution in [0.2, 0.25) is 0 Å². The van der Waals surface area contributed by atoms with Gasteiger partial charge < -0.3 is 14.5 Å². The van der Waals surface area contributed by atoms with Gasteiger partial charge in [0.1, 0.15) is 11.3 Å². The number of rotatable bonds is 4. The zero-order valence-corrected chi connectivity index (χ0v) is 12.8. The Morgan fingerprint density at radius 2 is 1.82 bits per heavy atom. The standard InChI is InChI=1S/C12H15N5O4.ClH/c1-3-20-11(18)16-8-5-7-9(14-6-13-7)10(15-8)17-12(19)21-4-2;/h5-6H,3-4H2,1-2H3,(H,13,14)(H2,15,16,17,18,19);1H. The predicted octanol–water partition coefficient (Wildman–Crippen LogP) is 2.52. The Morgan fingerprint density at radius 3 is 2.45 bits per heavy atom. The summed E-state index contributed by atoms with van der Waals surface area (Å²) in [6.07, 6.45) is 0.171. The van der Waals surface area contributed by atoms with E-state index < -0.39 is 12.2 Å². The molecule has 2 heterocycles. The third-order valence-corrected chi connectivity index (χ3v) is 2.41. The molecule has 22 heavy (non-hydrogen) atoms. The van der Waals surface area contributed by atoms with E-state index in [1.54, 1.807) is 19.9 Å². The van der Waals surface area contributed by atoms with Crippen LogP contribution in [0, 0.1) is 0 Å². The average molecular weight is 330 g/mol. The third kappa shape index (κ3) is 4.22. The maximum absolute atomic E-state index is 11.5. The molecular formula is C12H16ClN5O4. The first-order valence-corrected chi connectivity index (χ1v) is 6.35. The van der Waals surface area contributed by atoms with E-state index in [4.69, 9.17) is 9.47 Å². The van der Waals surface area contributed by atoms with Crippen LogP contribution in [0.4, 0.5) is 21.2 Å². The minimum atomic E-state index is -0.650. The number of aromatic nitrogens is 3. The van der Waals surface area contributed by atoms with Crippen molar-refractivity contribution in [2.45, 2.75) is 13.8 Å². The second-order valence-electron chi connectivity index (χ2n) is 3.85. The van der Waals surface area contributed by atoms with E-state index in [1.807, 2.05) is 0 Å². The van der Waals surface area contributed by atoms with Crippen LogP contribution in [0.25, 0.3) is 11.0 Å². The molecule has 0 unspecified atom stereocenters. The number of halogens is 1. The summed E-state index contributed by atoms with van der Waals surface area (Å²) in [4.78, 5) is 33.9. The highest BCUT2D eigenvalue weighted by atomic mass is 35.5. The van der Waals surface area contributed by atoms with E-state index in [0.717, 1.165) is 0 Å². The minimum Gasteiger partial charge on any atom is -0.450 e. The Bertz CT molecular complexity index is 660. The minimum absolute atomic E-state index is 0. The molecular weight excluding hydrogens is 314 g/mol. The number of ether oxygens (including phenoxy) is 2. The summed E-state index contributed by atoms with van der Waals surface area (Å²) in [6, 6.07) is 1.58. The van der Waals surface area contributed by atoms with Crippen LogP contribution in [0.1, 0.15) is 13.8 Å². The summed E-state index contributed by atoms with van der Waals surface area (Å²) in [5.41, 5.74) is 1.06. The average Bonchev–Trinajstić information content (AvgIpc) is 2.87. The number of nitrogens with one attached hydrogen (secondary N) is 3. The van der Waals surface area contributed by atoms with Gasteiger partial charge in [-0.05, 0) is 13.8 Å². The Balaban J connectivity index is 0.00000242. The molecule has 0 radical (unpaired) electrons. The normalized spacial score (nSPS) is 9.73. The maximum atomic E-state index is 11.5. The Hall–Kier alpha value is -2.55. The molecule has 0 fully saturated rings. The van der Waals surface area contributed by atoms with E-state index in [1.165, 1.54) is 6.33 Å². The third-order valence-electron chi connectivity index (χ3n) is 2.41. The number of hydrogen-bond donors (Lipinski definition) is 3. The van der Waals surface area contributed by atoms with Crippen molar-refractivity contribution in [2.75, 3.05) is 23.8 Å². The molecule has 2 rings (SSSR count). The highest BCUT2D eigenvalue weighted by Crippen LogP contribution is 2.22. The summed E-state index contributed by atoms with van der Waals surface area (Å²) < 4.78 is 9.56. The molecule has 120 valence electrons. The van der Waals surface area contributed by atoms with Crippen LogP contribution >= 0.6 is 12.4 Å². The Morgan fingerprint density at radius 1 is 1.18 bits per heavy atom. The highest BCUT2D eigenvalue weighted by molar-refractivity contribution is 5.97. The Kier molecular flexibility index (Phi) is 6.39. The van der Waals surface area contributed by atoms with Crippen molar-refractivity contribution in [2.24, 2.45) is 0 Å². The second kappa shape index (κ2) is 8.03. The van der Waals surface area contributed by atoms with Crippen molar-refractivity contribution < 1.29 is 19.1 Å². The van der Waals surface area contributed by atoms with Gasteiger partial charge in [0.05, 0.1) is 25.1 Å². The summed E-state index contributed by atoms with van der Waals surface area (Å²) in [5.74, 6) is 0.399. The lowest BCUT2D eigenvalue weighted by atomic mass is 10.3. The highest BCUT2D eigenvalue weighted by Gasteiger charge is 2.13. The van der Waals surface area contributed by atoms with Gasteiger partial charge in [-0.15, -0.1) is 12.4 Å². The number of hydrogen-bond acceptors (Lipinski definition) is 6. The largest absolute Gasteiger partial charge is 0.450 e. The molecule has 9 nitrogen and oxygen atoms in total. The number of carbonyl (C=O) groups is 2. The zero-order chi connectivity index (χ0) is 15.2. The lowest BCUT2D eigenvalue weighted by Gasteiger charge is -2.08. The Labute approximate surface area is 132 Å². The SMILES string of the molecule is CCOC(=O)Nc1cc2[nH]cnc2c(NC(=O)OCC)n1.Cl. The first-order valence-electron chi connectivity index (χ1n) is 6.35. The molecule has 0 saturated carbocycles. The van der Waals surface area contributed by atoms with Gasteiger partial charge in [-0.2, -0.15) is 0 Å². The fourth-order valence-electron chi connectivity index (χ4n) is 1.63. The van der Waals surface area contributed by atoms with Crippen LogP contribution < -0.4 is 10.6 Å². The van der Waals surface area contributed by atoms with Gasteiger partial charge in [-0.1, -0.05) is 0 Å². The molecule has 0 saturated heterocycles. The number of pyridine rings is 1. The van der Waals surface area contributed by atoms with Crippen molar-refractivity contribution in [1.29, 1.82) is 0 Å². The first kappa shape index (κ1) is 17.5. The fraction of sp³-hybridized carbons (Fsp3) is 0.333. The summed E-state index contributed by atoms with van der Waals surface area (Å²) >= 11 is 0. The van der Waals surface area contributed by atoms with Crippen molar-refractivity contribution >= 4 is 47.3 Å². The van der Waals surface area contributed by atoms with Gasteiger partial charge >= 0.3 is 12.2 Å². The number of nitrogens with zero attached hydrogens (tertiary/aromatic N) is 2. The van der Waals surface area contributed by atoms with Crippen molar-refractivity contribution in [3.05, 3.63) is 12.4 Å². The van der Waals surface area contributed by atoms with Crippen molar-refractivity contribution in [3.8, 4) is 0 Å². The quantitative estimate of drug-likeness (QED) is 0.793. The van der Waals surface area contributed by atoms with Crippen LogP contribution in [0.15, 0.2) is 12.4 Å². The van der Waals surface area contributed by atoms with E-state index in [0.29, 0.717) is 11.0 Å². The number of carbonyl (C=O) groups excluding carboxylic acids is 2. The van der Waals surface area contributed by atoms with E-state index >= 15 is 0 Å². The fourth-order valence-corrected chi connectivity index (χ4v) is 1.63. The topological polar surface area (TPSA) is 118 Å². The molecule has 0 aliphatic heterocycles. The smallest absolute Gasteiger partial charge is 0.412 e. The predicted molar refractivity (Wildman–Crippen MR) is 82.4 cm³/mol. The van der Waals surface area contributed by atoms with Crippen LogP contribution in [0.3, 0.4) is 0 Å². The summed E-state index contributed by atoms with van der Waals surface area (Å²) in [7, 11) is 0. The lowest BCUT2D eigenvalue weighted by molar-refractivity contribution is 0.167. The van der Waals surface area contributed by atoms with Gasteiger partial charge in [0.15, 0.2) is 5.82 Å². The summed E-state index contributed by atoms with van der Waals surface area (Å²) in [5, 5.41) is 4.93. The van der Waals surface area contributed by atoms with Crippen molar-refractivity contribution in [3.63, 3.8) is 0 Å². The van der Waals surface area contributed by atoms with E-state index in [2.05, 4.69) is 25.6 Å². The van der Waals surface area contributed by atoms with Gasteiger partial charge in [-0.25, -0.2) is 19.6 Å². The molecule has 2 amide bonds. The number of H-pyrrole nitrogens is 1. The molecule has 10 heteroatoms. The molecule has 0 aliphatic carbocycles. The van der Waals surface area contributed by atoms with Gasteiger partial charge in [0.2, 0.25) is 0 Å². The molecule has 0 spiro atoms. The number of amides is 2. The number of imidazole rings is 1. The number of fused-ring (bicyclic) bond motifs is 1. The molecule has 2 aromatic heterocycles. The summed E-state index contributed by atoms with van der Waals surface area (Å²) in [6.45, 7) is 3.86. The molecule has 0 bridgehead atoms. The van der Waals surface area contributed by atoms with Gasteiger partial charge in [0, 0.05) is 6.07 Å².